The molecule has 5 nitrogen and oxygen atoms in total. The molecule has 2 amide bonds. The van der Waals surface area contributed by atoms with Crippen molar-refractivity contribution >= 4 is 39.3 Å². The maximum atomic E-state index is 13.3. The Morgan fingerprint density at radius 1 is 1.00 bits per heavy atom. The Bertz CT molecular complexity index is 1050. The van der Waals surface area contributed by atoms with E-state index in [1.807, 2.05) is 60.7 Å². The molecular weight excluding hydrogens is 492 g/mol. The highest BCUT2D eigenvalue weighted by molar-refractivity contribution is 9.10. The van der Waals surface area contributed by atoms with E-state index in [1.54, 1.807) is 30.1 Å². The lowest BCUT2D eigenvalue weighted by Gasteiger charge is -2.31. The van der Waals surface area contributed by atoms with Crippen LogP contribution in [0.15, 0.2) is 83.3 Å². The number of nitrogens with zero attached hydrogens (tertiary/aromatic N) is 1. The average Bonchev–Trinajstić information content (AvgIpc) is 2.81. The Hall–Kier alpha value is -2.83. The zero-order chi connectivity index (χ0) is 22.9. The first-order chi connectivity index (χ1) is 15.5. The summed E-state index contributed by atoms with van der Waals surface area (Å²) in [6, 6.07) is 23.6. The lowest BCUT2D eigenvalue weighted by molar-refractivity contribution is -0.142. The van der Waals surface area contributed by atoms with Gasteiger partial charge in [-0.3, -0.25) is 9.59 Å². The van der Waals surface area contributed by atoms with Crippen LogP contribution in [0.5, 0.6) is 5.75 Å². The number of rotatable bonds is 9. The highest BCUT2D eigenvalue weighted by atomic mass is 79.9. The summed E-state index contributed by atoms with van der Waals surface area (Å²) in [6.07, 6.45) is 0.393. The van der Waals surface area contributed by atoms with Crippen molar-refractivity contribution in [1.82, 2.24) is 10.2 Å². The van der Waals surface area contributed by atoms with E-state index < -0.39 is 6.04 Å². The van der Waals surface area contributed by atoms with Crippen molar-refractivity contribution in [3.8, 4) is 5.75 Å². The molecular formula is C25H24BrClN2O3. The molecule has 0 aliphatic rings. The summed E-state index contributed by atoms with van der Waals surface area (Å²) in [5.74, 6) is -0.0204. The minimum absolute atomic E-state index is 0.213. The standard InChI is InChI=1S/C25H24BrClN2O3/c1-28-25(31)22(14-18-8-4-2-5-9-18)29(16-19-10-6-3-7-11-19)24(30)17-32-23-13-12-20(27)15-21(23)26/h2-13,15,22H,14,16-17H2,1H3,(H,28,31)/t22-/m1/s1. The molecule has 0 saturated carbocycles. The summed E-state index contributed by atoms with van der Waals surface area (Å²) in [5.41, 5.74) is 1.89. The van der Waals surface area contributed by atoms with Gasteiger partial charge in [0.05, 0.1) is 4.47 Å². The van der Waals surface area contributed by atoms with Crippen LogP contribution in [0.4, 0.5) is 0 Å². The molecule has 0 spiro atoms. The van der Waals surface area contributed by atoms with Crippen molar-refractivity contribution in [1.29, 1.82) is 0 Å². The van der Waals surface area contributed by atoms with Gasteiger partial charge in [0.1, 0.15) is 11.8 Å². The molecule has 0 heterocycles. The molecule has 0 saturated heterocycles. The highest BCUT2D eigenvalue weighted by Gasteiger charge is 2.30. The van der Waals surface area contributed by atoms with E-state index in [2.05, 4.69) is 21.2 Å². The Morgan fingerprint density at radius 2 is 1.62 bits per heavy atom. The van der Waals surface area contributed by atoms with Crippen LogP contribution in [-0.2, 0) is 22.6 Å². The smallest absolute Gasteiger partial charge is 0.261 e. The van der Waals surface area contributed by atoms with Gasteiger partial charge in [0, 0.05) is 25.0 Å². The monoisotopic (exact) mass is 514 g/mol. The van der Waals surface area contributed by atoms with Gasteiger partial charge in [-0.2, -0.15) is 0 Å². The summed E-state index contributed by atoms with van der Waals surface area (Å²) >= 11 is 9.38. The van der Waals surface area contributed by atoms with Gasteiger partial charge in [-0.15, -0.1) is 0 Å². The average molecular weight is 516 g/mol. The zero-order valence-electron chi connectivity index (χ0n) is 17.6. The zero-order valence-corrected chi connectivity index (χ0v) is 20.0. The summed E-state index contributed by atoms with van der Waals surface area (Å²) < 4.78 is 6.41. The number of amides is 2. The maximum Gasteiger partial charge on any atom is 0.261 e. The predicted molar refractivity (Wildman–Crippen MR) is 130 cm³/mol. The molecule has 0 bridgehead atoms. The fourth-order valence-electron chi connectivity index (χ4n) is 3.32. The summed E-state index contributed by atoms with van der Waals surface area (Å²) in [7, 11) is 1.58. The third kappa shape index (κ3) is 6.58. The van der Waals surface area contributed by atoms with E-state index in [4.69, 9.17) is 16.3 Å². The van der Waals surface area contributed by atoms with Crippen LogP contribution in [0.25, 0.3) is 0 Å². The number of carbonyl (C=O) groups is 2. The minimum Gasteiger partial charge on any atom is -0.483 e. The van der Waals surface area contributed by atoms with Crippen LogP contribution >= 0.6 is 27.5 Å². The van der Waals surface area contributed by atoms with Crippen molar-refractivity contribution in [2.45, 2.75) is 19.0 Å². The molecule has 32 heavy (non-hydrogen) atoms. The third-order valence-electron chi connectivity index (χ3n) is 4.96. The Kier molecular flexibility index (Phi) is 8.71. The number of hydrogen-bond acceptors (Lipinski definition) is 3. The molecule has 0 unspecified atom stereocenters. The van der Waals surface area contributed by atoms with Crippen LogP contribution in [0.3, 0.4) is 0 Å². The third-order valence-corrected chi connectivity index (χ3v) is 5.81. The molecule has 0 radical (unpaired) electrons. The highest BCUT2D eigenvalue weighted by Crippen LogP contribution is 2.28. The fourth-order valence-corrected chi connectivity index (χ4v) is 4.11. The Labute approximate surface area is 201 Å². The summed E-state index contributed by atoms with van der Waals surface area (Å²) in [5, 5.41) is 3.26. The number of nitrogens with one attached hydrogen (secondary N) is 1. The molecule has 1 atom stereocenters. The molecule has 7 heteroatoms. The number of benzene rings is 3. The number of likely N-dealkylation sites (N-methyl/N-ethyl adjacent to an activating group) is 1. The fraction of sp³-hybridized carbons (Fsp3) is 0.200. The molecule has 3 rings (SSSR count). The van der Waals surface area contributed by atoms with Gasteiger partial charge in [-0.05, 0) is 45.3 Å². The summed E-state index contributed by atoms with van der Waals surface area (Å²) in [6.45, 7) is 0.0745. The molecule has 166 valence electrons. The van der Waals surface area contributed by atoms with E-state index >= 15 is 0 Å². The second kappa shape index (κ2) is 11.7. The van der Waals surface area contributed by atoms with Crippen LogP contribution < -0.4 is 10.1 Å². The van der Waals surface area contributed by atoms with Crippen molar-refractivity contribution in [2.75, 3.05) is 13.7 Å². The first-order valence-electron chi connectivity index (χ1n) is 10.1. The van der Waals surface area contributed by atoms with E-state index in [-0.39, 0.29) is 25.0 Å². The van der Waals surface area contributed by atoms with Crippen LogP contribution in [-0.4, -0.2) is 36.4 Å². The molecule has 0 fully saturated rings. The van der Waals surface area contributed by atoms with Gasteiger partial charge in [-0.25, -0.2) is 0 Å². The lowest BCUT2D eigenvalue weighted by Crippen LogP contribution is -2.51. The number of halogens is 2. The van der Waals surface area contributed by atoms with Crippen LogP contribution in [0.2, 0.25) is 5.02 Å². The Balaban J connectivity index is 1.86. The Morgan fingerprint density at radius 3 is 2.22 bits per heavy atom. The second-order valence-corrected chi connectivity index (χ2v) is 8.48. The molecule has 3 aromatic rings. The molecule has 1 N–H and O–H groups in total. The molecule has 0 aliphatic carbocycles. The topological polar surface area (TPSA) is 58.6 Å². The van der Waals surface area contributed by atoms with Crippen molar-refractivity contribution in [2.24, 2.45) is 0 Å². The van der Waals surface area contributed by atoms with Gasteiger partial charge in [-0.1, -0.05) is 72.3 Å². The first-order valence-corrected chi connectivity index (χ1v) is 11.3. The predicted octanol–water partition coefficient (Wildman–Crippen LogP) is 4.87. The molecule has 0 aliphatic heterocycles. The van der Waals surface area contributed by atoms with Crippen molar-refractivity contribution in [3.63, 3.8) is 0 Å². The van der Waals surface area contributed by atoms with Gasteiger partial charge in [0.25, 0.3) is 5.91 Å². The summed E-state index contributed by atoms with van der Waals surface area (Å²) in [4.78, 5) is 27.8. The van der Waals surface area contributed by atoms with Crippen LogP contribution in [0, 0.1) is 0 Å². The second-order valence-electron chi connectivity index (χ2n) is 7.19. The van der Waals surface area contributed by atoms with Gasteiger partial charge in [0.15, 0.2) is 6.61 Å². The van der Waals surface area contributed by atoms with Gasteiger partial charge in [0.2, 0.25) is 5.91 Å². The lowest BCUT2D eigenvalue weighted by atomic mass is 10.0. The quantitative estimate of drug-likeness (QED) is 0.442. The normalized spacial score (nSPS) is 11.5. The van der Waals surface area contributed by atoms with E-state index in [9.17, 15) is 9.59 Å². The van der Waals surface area contributed by atoms with Gasteiger partial charge >= 0.3 is 0 Å². The number of carbonyl (C=O) groups excluding carboxylic acids is 2. The number of hydrogen-bond donors (Lipinski definition) is 1. The van der Waals surface area contributed by atoms with Crippen molar-refractivity contribution < 1.29 is 14.3 Å². The minimum atomic E-state index is -0.688. The van der Waals surface area contributed by atoms with Gasteiger partial charge < -0.3 is 15.0 Å². The molecule has 0 aromatic heterocycles. The SMILES string of the molecule is CNC(=O)[C@@H](Cc1ccccc1)N(Cc1ccccc1)C(=O)COc1ccc(Cl)cc1Br. The first kappa shape index (κ1) is 23.8. The largest absolute Gasteiger partial charge is 0.483 e. The van der Waals surface area contributed by atoms with Crippen LogP contribution in [0.1, 0.15) is 11.1 Å². The van der Waals surface area contributed by atoms with E-state index in [0.29, 0.717) is 21.7 Å². The molecule has 3 aromatic carbocycles. The van der Waals surface area contributed by atoms with Crippen molar-refractivity contribution in [3.05, 3.63) is 99.5 Å². The van der Waals surface area contributed by atoms with E-state index in [1.165, 1.54) is 0 Å². The number of ether oxygens (including phenoxy) is 1. The van der Waals surface area contributed by atoms with E-state index in [0.717, 1.165) is 11.1 Å². The maximum absolute atomic E-state index is 13.3.